The average molecular weight is 321 g/mol. The molecule has 0 radical (unpaired) electrons. The van der Waals surface area contributed by atoms with Crippen LogP contribution in [0.2, 0.25) is 0 Å². The molecule has 1 aliphatic heterocycles. The van der Waals surface area contributed by atoms with Gasteiger partial charge < -0.3 is 14.8 Å². The first-order chi connectivity index (χ1) is 10.3. The first-order valence-electron chi connectivity index (χ1n) is 7.04. The summed E-state index contributed by atoms with van der Waals surface area (Å²) in [5.41, 5.74) is 1.29. The molecule has 1 N–H and O–H groups in total. The van der Waals surface area contributed by atoms with Gasteiger partial charge in [-0.15, -0.1) is 11.3 Å². The van der Waals surface area contributed by atoms with Crippen molar-refractivity contribution in [2.45, 2.75) is 24.5 Å². The predicted molar refractivity (Wildman–Crippen MR) is 89.3 cm³/mol. The van der Waals surface area contributed by atoms with Crippen LogP contribution >= 0.6 is 23.1 Å². The third-order valence-electron chi connectivity index (χ3n) is 3.28. The molecule has 5 heteroatoms. The molecule has 0 bridgehead atoms. The van der Waals surface area contributed by atoms with Gasteiger partial charge in [-0.25, -0.2) is 0 Å². The van der Waals surface area contributed by atoms with Crippen LogP contribution < -0.4 is 14.8 Å². The maximum Gasteiger partial charge on any atom is 0.231 e. The van der Waals surface area contributed by atoms with E-state index in [-0.39, 0.29) is 0 Å². The molecule has 0 aliphatic carbocycles. The lowest BCUT2D eigenvalue weighted by molar-refractivity contribution is 0.174. The molecule has 1 aromatic carbocycles. The lowest BCUT2D eigenvalue weighted by Crippen LogP contribution is -2.21. The third-order valence-corrected chi connectivity index (χ3v) is 5.39. The molecule has 1 atom stereocenters. The summed E-state index contributed by atoms with van der Waals surface area (Å²) in [6, 6.07) is 10.5. The largest absolute Gasteiger partial charge is 0.454 e. The highest BCUT2D eigenvalue weighted by Gasteiger charge is 2.13. The second kappa shape index (κ2) is 7.20. The highest BCUT2D eigenvalue weighted by atomic mass is 32.2. The molecule has 3 rings (SSSR count). The van der Waals surface area contributed by atoms with Crippen molar-refractivity contribution >= 4 is 23.1 Å². The Kier molecular flexibility index (Phi) is 5.06. The fraction of sp³-hybridized carbons (Fsp3) is 0.375. The smallest absolute Gasteiger partial charge is 0.231 e. The molecule has 0 saturated heterocycles. The van der Waals surface area contributed by atoms with Crippen molar-refractivity contribution in [1.82, 2.24) is 5.32 Å². The van der Waals surface area contributed by atoms with Crippen LogP contribution in [0.4, 0.5) is 0 Å². The van der Waals surface area contributed by atoms with Gasteiger partial charge in [0, 0.05) is 29.0 Å². The topological polar surface area (TPSA) is 30.5 Å². The molecule has 0 unspecified atom stereocenters. The zero-order chi connectivity index (χ0) is 14.5. The van der Waals surface area contributed by atoms with Gasteiger partial charge in [0.1, 0.15) is 0 Å². The lowest BCUT2D eigenvalue weighted by atomic mass is 10.2. The number of ether oxygens (including phenoxy) is 2. The molecule has 1 aliphatic rings. The van der Waals surface area contributed by atoms with Crippen molar-refractivity contribution in [3.05, 3.63) is 46.2 Å². The van der Waals surface area contributed by atoms with Crippen molar-refractivity contribution in [3.8, 4) is 11.5 Å². The van der Waals surface area contributed by atoms with Crippen LogP contribution in [0, 0.1) is 0 Å². The maximum atomic E-state index is 5.41. The fourth-order valence-corrected chi connectivity index (χ4v) is 3.71. The van der Waals surface area contributed by atoms with Gasteiger partial charge in [0.15, 0.2) is 11.5 Å². The SMILES string of the molecule is C[C@H](CNCc1cccs1)SCc1ccc2c(c1)OCO2. The summed E-state index contributed by atoms with van der Waals surface area (Å²) in [6.45, 7) is 4.59. The Hall–Kier alpha value is -1.17. The number of fused-ring (bicyclic) bond motifs is 1. The number of thiophene rings is 1. The Labute approximate surface area is 133 Å². The first kappa shape index (κ1) is 14.8. The van der Waals surface area contributed by atoms with Crippen LogP contribution in [-0.2, 0) is 12.3 Å². The second-order valence-corrected chi connectivity index (χ2v) is 7.48. The predicted octanol–water partition coefficient (Wildman–Crippen LogP) is 3.89. The highest BCUT2D eigenvalue weighted by molar-refractivity contribution is 7.99. The van der Waals surface area contributed by atoms with E-state index in [9.17, 15) is 0 Å². The van der Waals surface area contributed by atoms with Gasteiger partial charge in [-0.1, -0.05) is 19.1 Å². The van der Waals surface area contributed by atoms with Gasteiger partial charge in [-0.2, -0.15) is 11.8 Å². The molecular formula is C16H19NO2S2. The van der Waals surface area contributed by atoms with Gasteiger partial charge >= 0.3 is 0 Å². The van der Waals surface area contributed by atoms with Crippen LogP contribution in [0.15, 0.2) is 35.7 Å². The van der Waals surface area contributed by atoms with E-state index in [1.54, 1.807) is 11.3 Å². The van der Waals surface area contributed by atoms with Crippen molar-refractivity contribution in [3.63, 3.8) is 0 Å². The Bertz CT molecular complexity index is 572. The monoisotopic (exact) mass is 321 g/mol. The standard InChI is InChI=1S/C16H19NO2S2/c1-12(8-17-9-14-3-2-6-20-14)21-10-13-4-5-15-16(7-13)19-11-18-15/h2-7,12,17H,8-11H2,1H3/t12-/m1/s1. The van der Waals surface area contributed by atoms with Crippen LogP contribution in [0.5, 0.6) is 11.5 Å². The van der Waals surface area contributed by atoms with Gasteiger partial charge in [-0.05, 0) is 29.1 Å². The van der Waals surface area contributed by atoms with E-state index in [4.69, 9.17) is 9.47 Å². The average Bonchev–Trinajstić information content (AvgIpc) is 3.15. The number of hydrogen-bond donors (Lipinski definition) is 1. The maximum absolute atomic E-state index is 5.41. The number of nitrogens with one attached hydrogen (secondary N) is 1. The Morgan fingerprint density at radius 1 is 1.29 bits per heavy atom. The summed E-state index contributed by atoms with van der Waals surface area (Å²) in [5, 5.41) is 6.21. The van der Waals surface area contributed by atoms with Crippen LogP contribution in [0.25, 0.3) is 0 Å². The van der Waals surface area contributed by atoms with Gasteiger partial charge in [0.2, 0.25) is 6.79 Å². The molecule has 3 nitrogen and oxygen atoms in total. The Morgan fingerprint density at radius 2 is 2.19 bits per heavy atom. The molecule has 2 aromatic rings. The summed E-state index contributed by atoms with van der Waals surface area (Å²) in [4.78, 5) is 1.39. The molecule has 1 aromatic heterocycles. The van der Waals surface area contributed by atoms with Crippen LogP contribution in [-0.4, -0.2) is 18.6 Å². The Balaban J connectivity index is 1.40. The normalized spacial score (nSPS) is 14.3. The highest BCUT2D eigenvalue weighted by Crippen LogP contribution is 2.33. The van der Waals surface area contributed by atoms with E-state index < -0.39 is 0 Å². The number of rotatable bonds is 7. The van der Waals surface area contributed by atoms with E-state index in [1.807, 2.05) is 17.8 Å². The molecule has 112 valence electrons. The van der Waals surface area contributed by atoms with E-state index >= 15 is 0 Å². The van der Waals surface area contributed by atoms with E-state index in [0.717, 1.165) is 30.3 Å². The molecule has 21 heavy (non-hydrogen) atoms. The molecule has 0 fully saturated rings. The molecule has 0 spiro atoms. The summed E-state index contributed by atoms with van der Waals surface area (Å²) >= 11 is 3.76. The van der Waals surface area contributed by atoms with E-state index in [0.29, 0.717) is 12.0 Å². The second-order valence-electron chi connectivity index (χ2n) is 5.02. The lowest BCUT2D eigenvalue weighted by Gasteiger charge is -2.12. The minimum atomic E-state index is 0.342. The van der Waals surface area contributed by atoms with Crippen molar-refractivity contribution in [2.75, 3.05) is 13.3 Å². The molecular weight excluding hydrogens is 302 g/mol. The van der Waals surface area contributed by atoms with Crippen molar-refractivity contribution < 1.29 is 9.47 Å². The van der Waals surface area contributed by atoms with E-state index in [2.05, 4.69) is 41.9 Å². The van der Waals surface area contributed by atoms with E-state index in [1.165, 1.54) is 10.4 Å². The van der Waals surface area contributed by atoms with Crippen LogP contribution in [0.3, 0.4) is 0 Å². The van der Waals surface area contributed by atoms with Crippen molar-refractivity contribution in [1.29, 1.82) is 0 Å². The minimum Gasteiger partial charge on any atom is -0.454 e. The zero-order valence-corrected chi connectivity index (χ0v) is 13.6. The minimum absolute atomic E-state index is 0.342. The summed E-state index contributed by atoms with van der Waals surface area (Å²) in [7, 11) is 0. The molecule has 0 amide bonds. The van der Waals surface area contributed by atoms with Crippen LogP contribution in [0.1, 0.15) is 17.4 Å². The quantitative estimate of drug-likeness (QED) is 0.838. The summed E-state index contributed by atoms with van der Waals surface area (Å²) in [6.07, 6.45) is 0. The first-order valence-corrected chi connectivity index (χ1v) is 8.97. The van der Waals surface area contributed by atoms with Gasteiger partial charge in [-0.3, -0.25) is 0 Å². The van der Waals surface area contributed by atoms with Gasteiger partial charge in [0.05, 0.1) is 0 Å². The number of hydrogen-bond acceptors (Lipinski definition) is 5. The number of thioether (sulfide) groups is 1. The summed E-state index contributed by atoms with van der Waals surface area (Å²) < 4.78 is 10.7. The third kappa shape index (κ3) is 4.15. The fourth-order valence-electron chi connectivity index (χ4n) is 2.14. The molecule has 2 heterocycles. The zero-order valence-electron chi connectivity index (χ0n) is 12.0. The number of benzene rings is 1. The van der Waals surface area contributed by atoms with Crippen molar-refractivity contribution in [2.24, 2.45) is 0 Å². The van der Waals surface area contributed by atoms with Gasteiger partial charge in [0.25, 0.3) is 0 Å². The Morgan fingerprint density at radius 3 is 3.05 bits per heavy atom. The molecule has 0 saturated carbocycles. The summed E-state index contributed by atoms with van der Waals surface area (Å²) in [5.74, 6) is 2.73.